The first-order chi connectivity index (χ1) is 9.14. The van der Waals surface area contributed by atoms with Gasteiger partial charge in [0.1, 0.15) is 5.69 Å². The summed E-state index contributed by atoms with van der Waals surface area (Å²) in [5.41, 5.74) is 0.181. The van der Waals surface area contributed by atoms with Gasteiger partial charge in [0.15, 0.2) is 0 Å². The summed E-state index contributed by atoms with van der Waals surface area (Å²) in [7, 11) is 2.85. The standard InChI is InChI=1S/C14H21BN2O3/c1-13(2)14(3,4)20-15(19-13)11-9-7-8-10(16-11)12(18)17(5)6/h7-9H,1-6H3. The van der Waals surface area contributed by atoms with Crippen molar-refractivity contribution in [1.29, 1.82) is 0 Å². The van der Waals surface area contributed by atoms with E-state index in [4.69, 9.17) is 9.31 Å². The molecule has 0 aliphatic carbocycles. The molecule has 20 heavy (non-hydrogen) atoms. The van der Waals surface area contributed by atoms with Crippen LogP contribution in [0.15, 0.2) is 18.2 Å². The van der Waals surface area contributed by atoms with Crippen LogP contribution < -0.4 is 5.59 Å². The maximum absolute atomic E-state index is 11.9. The summed E-state index contributed by atoms with van der Waals surface area (Å²) in [6, 6.07) is 5.30. The van der Waals surface area contributed by atoms with E-state index >= 15 is 0 Å². The Balaban J connectivity index is 2.28. The lowest BCUT2D eigenvalue weighted by atomic mass is 9.84. The smallest absolute Gasteiger partial charge is 0.398 e. The van der Waals surface area contributed by atoms with E-state index in [0.717, 1.165) is 0 Å². The van der Waals surface area contributed by atoms with Crippen molar-refractivity contribution >= 4 is 18.6 Å². The monoisotopic (exact) mass is 276 g/mol. The van der Waals surface area contributed by atoms with Gasteiger partial charge < -0.3 is 14.2 Å². The van der Waals surface area contributed by atoms with E-state index in [1.165, 1.54) is 4.90 Å². The molecule has 0 spiro atoms. The lowest BCUT2D eigenvalue weighted by Crippen LogP contribution is -2.41. The van der Waals surface area contributed by atoms with Crippen LogP contribution in [-0.2, 0) is 9.31 Å². The Morgan fingerprint density at radius 2 is 1.70 bits per heavy atom. The van der Waals surface area contributed by atoms with Gasteiger partial charge in [-0.1, -0.05) is 6.07 Å². The number of carbonyl (C=O) groups is 1. The topological polar surface area (TPSA) is 51.7 Å². The van der Waals surface area contributed by atoms with E-state index < -0.39 is 18.3 Å². The molecule has 1 aliphatic heterocycles. The van der Waals surface area contributed by atoms with Crippen molar-refractivity contribution in [2.75, 3.05) is 14.1 Å². The normalized spacial score (nSPS) is 20.0. The van der Waals surface area contributed by atoms with Crippen LogP contribution in [0, 0.1) is 0 Å². The molecule has 2 heterocycles. The quantitative estimate of drug-likeness (QED) is 0.758. The second kappa shape index (κ2) is 4.86. The number of aromatic nitrogens is 1. The Labute approximate surface area is 120 Å². The zero-order valence-corrected chi connectivity index (χ0v) is 12.9. The number of nitrogens with zero attached hydrogens (tertiary/aromatic N) is 2. The third-order valence-electron chi connectivity index (χ3n) is 3.89. The van der Waals surface area contributed by atoms with Crippen LogP contribution in [0.25, 0.3) is 0 Å². The summed E-state index contributed by atoms with van der Waals surface area (Å²) in [6.07, 6.45) is 0. The highest BCUT2D eigenvalue weighted by molar-refractivity contribution is 6.61. The molecule has 5 nitrogen and oxygen atoms in total. The average molecular weight is 276 g/mol. The Morgan fingerprint density at radius 3 is 2.20 bits per heavy atom. The molecular weight excluding hydrogens is 255 g/mol. The number of rotatable bonds is 2. The van der Waals surface area contributed by atoms with Crippen molar-refractivity contribution in [3.8, 4) is 0 Å². The van der Waals surface area contributed by atoms with Crippen molar-refractivity contribution in [2.45, 2.75) is 38.9 Å². The van der Waals surface area contributed by atoms with E-state index in [1.54, 1.807) is 26.2 Å². The summed E-state index contributed by atoms with van der Waals surface area (Å²) in [4.78, 5) is 17.8. The van der Waals surface area contributed by atoms with E-state index in [9.17, 15) is 4.79 Å². The summed E-state index contributed by atoms with van der Waals surface area (Å²) in [6.45, 7) is 7.95. The lowest BCUT2D eigenvalue weighted by molar-refractivity contribution is 0.00578. The minimum absolute atomic E-state index is 0.136. The molecule has 0 aromatic carbocycles. The number of hydrogen-bond acceptors (Lipinski definition) is 4. The van der Waals surface area contributed by atoms with Gasteiger partial charge in [-0.05, 0) is 39.8 Å². The Hall–Kier alpha value is -1.40. The third kappa shape index (κ3) is 2.58. The highest BCUT2D eigenvalue weighted by atomic mass is 16.7. The molecule has 1 saturated heterocycles. The predicted molar refractivity (Wildman–Crippen MR) is 78.0 cm³/mol. The summed E-state index contributed by atoms with van der Waals surface area (Å²) < 4.78 is 11.9. The molecule has 0 atom stereocenters. The van der Waals surface area contributed by atoms with Crippen molar-refractivity contribution in [3.05, 3.63) is 23.9 Å². The molecule has 1 amide bonds. The molecule has 0 bridgehead atoms. The molecule has 1 aromatic rings. The Morgan fingerprint density at radius 1 is 1.15 bits per heavy atom. The predicted octanol–water partition coefficient (Wildman–Crippen LogP) is 1.08. The Bertz CT molecular complexity index is 513. The Kier molecular flexibility index (Phi) is 3.65. The maximum Gasteiger partial charge on any atom is 0.514 e. The number of hydrogen-bond donors (Lipinski definition) is 0. The van der Waals surface area contributed by atoms with Gasteiger partial charge in [0.05, 0.1) is 16.8 Å². The fraction of sp³-hybridized carbons (Fsp3) is 0.571. The molecule has 108 valence electrons. The van der Waals surface area contributed by atoms with Crippen LogP contribution in [0.4, 0.5) is 0 Å². The minimum atomic E-state index is -0.546. The van der Waals surface area contributed by atoms with E-state index in [1.807, 2.05) is 33.8 Å². The molecule has 0 saturated carbocycles. The van der Waals surface area contributed by atoms with E-state index in [2.05, 4.69) is 4.98 Å². The first kappa shape index (κ1) is 15.0. The molecule has 0 unspecified atom stereocenters. The van der Waals surface area contributed by atoms with Crippen LogP contribution >= 0.6 is 0 Å². The molecule has 1 aromatic heterocycles. The SMILES string of the molecule is CN(C)C(=O)c1cccc(B2OC(C)(C)C(C)(C)O2)n1. The van der Waals surface area contributed by atoms with Crippen molar-refractivity contribution < 1.29 is 14.1 Å². The zero-order chi connectivity index (χ0) is 15.1. The third-order valence-corrected chi connectivity index (χ3v) is 3.89. The van der Waals surface area contributed by atoms with E-state index in [0.29, 0.717) is 11.3 Å². The summed E-state index contributed by atoms with van der Waals surface area (Å²) in [5.74, 6) is -0.136. The van der Waals surface area contributed by atoms with Crippen molar-refractivity contribution in [1.82, 2.24) is 9.88 Å². The van der Waals surface area contributed by atoms with Gasteiger partial charge in [0.2, 0.25) is 0 Å². The first-order valence-corrected chi connectivity index (χ1v) is 6.68. The average Bonchev–Trinajstić information content (AvgIpc) is 2.57. The highest BCUT2D eigenvalue weighted by Gasteiger charge is 2.52. The van der Waals surface area contributed by atoms with Gasteiger partial charge in [-0.2, -0.15) is 0 Å². The van der Waals surface area contributed by atoms with Gasteiger partial charge in [-0.3, -0.25) is 9.78 Å². The number of amides is 1. The van der Waals surface area contributed by atoms with Gasteiger partial charge in [0.25, 0.3) is 5.91 Å². The van der Waals surface area contributed by atoms with Crippen molar-refractivity contribution in [2.24, 2.45) is 0 Å². The highest BCUT2D eigenvalue weighted by Crippen LogP contribution is 2.36. The molecule has 0 N–H and O–H groups in total. The van der Waals surface area contributed by atoms with Gasteiger partial charge in [0, 0.05) is 14.1 Å². The van der Waals surface area contributed by atoms with Crippen molar-refractivity contribution in [3.63, 3.8) is 0 Å². The van der Waals surface area contributed by atoms with Crippen LogP contribution in [0.3, 0.4) is 0 Å². The lowest BCUT2D eigenvalue weighted by Gasteiger charge is -2.32. The van der Waals surface area contributed by atoms with Crippen LogP contribution in [-0.4, -0.2) is 48.2 Å². The first-order valence-electron chi connectivity index (χ1n) is 6.68. The van der Waals surface area contributed by atoms with Crippen LogP contribution in [0.1, 0.15) is 38.2 Å². The second-order valence-electron chi connectivity index (χ2n) is 6.24. The van der Waals surface area contributed by atoms with Gasteiger partial charge in [-0.15, -0.1) is 0 Å². The number of pyridine rings is 1. The molecule has 0 radical (unpaired) electrons. The second-order valence-corrected chi connectivity index (χ2v) is 6.24. The molecule has 1 aliphatic rings. The molecular formula is C14H21BN2O3. The minimum Gasteiger partial charge on any atom is -0.398 e. The fourth-order valence-corrected chi connectivity index (χ4v) is 1.89. The molecule has 6 heteroatoms. The van der Waals surface area contributed by atoms with Crippen LogP contribution in [0.5, 0.6) is 0 Å². The summed E-state index contributed by atoms with van der Waals surface area (Å²) >= 11 is 0. The van der Waals surface area contributed by atoms with Gasteiger partial charge >= 0.3 is 7.12 Å². The zero-order valence-electron chi connectivity index (χ0n) is 12.9. The molecule has 2 rings (SSSR count). The largest absolute Gasteiger partial charge is 0.514 e. The summed E-state index contributed by atoms with van der Waals surface area (Å²) in [5, 5.41) is 0. The molecule has 1 fully saturated rings. The van der Waals surface area contributed by atoms with Gasteiger partial charge in [-0.25, -0.2) is 0 Å². The maximum atomic E-state index is 11.9. The fourth-order valence-electron chi connectivity index (χ4n) is 1.89. The number of carbonyl (C=O) groups excluding carboxylic acids is 1. The van der Waals surface area contributed by atoms with Crippen LogP contribution in [0.2, 0.25) is 0 Å². The van der Waals surface area contributed by atoms with E-state index in [-0.39, 0.29) is 5.91 Å².